The van der Waals surface area contributed by atoms with Crippen molar-refractivity contribution < 1.29 is 13.9 Å². The van der Waals surface area contributed by atoms with Crippen molar-refractivity contribution in [3.05, 3.63) is 46.5 Å². The van der Waals surface area contributed by atoms with Crippen molar-refractivity contribution >= 4 is 11.9 Å². The second-order valence-corrected chi connectivity index (χ2v) is 8.19. The van der Waals surface area contributed by atoms with Gasteiger partial charge in [-0.15, -0.1) is 0 Å². The molecule has 0 saturated carbocycles. The molecule has 2 fully saturated rings. The van der Waals surface area contributed by atoms with Crippen molar-refractivity contribution in [2.75, 3.05) is 31.6 Å². The van der Waals surface area contributed by atoms with Crippen LogP contribution >= 0.6 is 0 Å². The van der Waals surface area contributed by atoms with Crippen molar-refractivity contribution in [2.45, 2.75) is 33.7 Å². The van der Waals surface area contributed by atoms with Crippen LogP contribution in [0.1, 0.15) is 34.2 Å². The van der Waals surface area contributed by atoms with Crippen molar-refractivity contribution in [3.8, 4) is 5.75 Å². The predicted molar refractivity (Wildman–Crippen MR) is 109 cm³/mol. The fourth-order valence-electron chi connectivity index (χ4n) is 4.56. The summed E-state index contributed by atoms with van der Waals surface area (Å²) in [5, 5.41) is 0. The van der Waals surface area contributed by atoms with Gasteiger partial charge in [0.2, 0.25) is 5.95 Å². The highest BCUT2D eigenvalue weighted by Gasteiger charge is 2.47. The van der Waals surface area contributed by atoms with Gasteiger partial charge in [0.1, 0.15) is 11.6 Å². The smallest absolute Gasteiger partial charge is 0.257 e. The van der Waals surface area contributed by atoms with Crippen LogP contribution in [0.2, 0.25) is 0 Å². The van der Waals surface area contributed by atoms with E-state index >= 15 is 0 Å². The standard InChI is InChI=1S/C22H27FN4O2/c1-12-13(2)24-22(25-14(12)3)26-9-16-10-27(15(4)19(16)11-26)21(28)18-7-6-17(29-5)8-20(18)23/h6-8,15-16,19H,9-11H2,1-5H3/t15-,16+,19-/m0/s1. The van der Waals surface area contributed by atoms with Gasteiger partial charge in [-0.05, 0) is 45.4 Å². The Morgan fingerprint density at radius 2 is 1.83 bits per heavy atom. The lowest BCUT2D eigenvalue weighted by atomic mass is 9.95. The van der Waals surface area contributed by atoms with Crippen LogP contribution in [-0.2, 0) is 0 Å². The lowest BCUT2D eigenvalue weighted by Gasteiger charge is -2.27. The molecule has 2 aliphatic rings. The molecular formula is C22H27FN4O2. The highest BCUT2D eigenvalue weighted by atomic mass is 19.1. The number of ether oxygens (including phenoxy) is 1. The molecule has 154 valence electrons. The number of carbonyl (C=O) groups is 1. The Morgan fingerprint density at radius 3 is 2.41 bits per heavy atom. The molecule has 0 radical (unpaired) electrons. The molecule has 0 aliphatic carbocycles. The maximum atomic E-state index is 14.4. The zero-order valence-electron chi connectivity index (χ0n) is 17.6. The normalized spacial score (nSPS) is 23.4. The number of amides is 1. The number of halogens is 1. The zero-order valence-corrected chi connectivity index (χ0v) is 17.6. The highest BCUT2D eigenvalue weighted by molar-refractivity contribution is 5.95. The van der Waals surface area contributed by atoms with Gasteiger partial charge in [0.15, 0.2) is 0 Å². The number of hydrogen-bond donors (Lipinski definition) is 0. The van der Waals surface area contributed by atoms with Crippen LogP contribution in [0.5, 0.6) is 5.75 Å². The van der Waals surface area contributed by atoms with E-state index in [9.17, 15) is 9.18 Å². The molecule has 0 unspecified atom stereocenters. The van der Waals surface area contributed by atoms with E-state index in [1.54, 1.807) is 6.07 Å². The molecule has 4 rings (SSSR count). The van der Waals surface area contributed by atoms with Crippen molar-refractivity contribution in [1.29, 1.82) is 0 Å². The SMILES string of the molecule is COc1ccc(C(=O)N2C[C@H]3CN(c4nc(C)c(C)c(C)n4)C[C@H]3[C@@H]2C)c(F)c1. The number of nitrogens with zero attached hydrogens (tertiary/aromatic N) is 4. The van der Waals surface area contributed by atoms with Crippen LogP contribution in [0.15, 0.2) is 18.2 Å². The molecule has 0 bridgehead atoms. The number of benzene rings is 1. The number of aryl methyl sites for hydroxylation is 2. The number of fused-ring (bicyclic) bond motifs is 1. The van der Waals surface area contributed by atoms with Gasteiger partial charge in [-0.1, -0.05) is 0 Å². The Bertz CT molecular complexity index is 941. The monoisotopic (exact) mass is 398 g/mol. The van der Waals surface area contributed by atoms with Gasteiger partial charge < -0.3 is 14.5 Å². The minimum Gasteiger partial charge on any atom is -0.497 e. The first kappa shape index (κ1) is 19.6. The lowest BCUT2D eigenvalue weighted by Crippen LogP contribution is -2.39. The number of aromatic nitrogens is 2. The molecular weight excluding hydrogens is 371 g/mol. The van der Waals surface area contributed by atoms with Gasteiger partial charge in [0.05, 0.1) is 12.7 Å². The van der Waals surface area contributed by atoms with Crippen LogP contribution in [0.4, 0.5) is 10.3 Å². The summed E-state index contributed by atoms with van der Waals surface area (Å²) in [6.45, 7) is 10.4. The van der Waals surface area contributed by atoms with Crippen molar-refractivity contribution in [2.24, 2.45) is 11.8 Å². The minimum atomic E-state index is -0.542. The van der Waals surface area contributed by atoms with Gasteiger partial charge in [-0.25, -0.2) is 14.4 Å². The number of carbonyl (C=O) groups excluding carboxylic acids is 1. The van der Waals surface area contributed by atoms with E-state index in [-0.39, 0.29) is 17.5 Å². The quantitative estimate of drug-likeness (QED) is 0.795. The number of methoxy groups -OCH3 is 1. The molecule has 29 heavy (non-hydrogen) atoms. The Labute approximate surface area is 170 Å². The first-order valence-corrected chi connectivity index (χ1v) is 10.0. The maximum Gasteiger partial charge on any atom is 0.257 e. The third-order valence-corrected chi connectivity index (χ3v) is 6.61. The number of rotatable bonds is 3. The Hall–Kier alpha value is -2.70. The molecule has 1 amide bonds. The second kappa shape index (κ2) is 7.28. The average molecular weight is 398 g/mol. The molecule has 2 aromatic rings. The van der Waals surface area contributed by atoms with Crippen molar-refractivity contribution in [1.82, 2.24) is 14.9 Å². The van der Waals surface area contributed by atoms with Gasteiger partial charge in [-0.3, -0.25) is 4.79 Å². The van der Waals surface area contributed by atoms with Crippen LogP contribution in [-0.4, -0.2) is 53.6 Å². The fraction of sp³-hybridized carbons (Fsp3) is 0.500. The van der Waals surface area contributed by atoms with E-state index in [1.807, 2.05) is 25.7 Å². The summed E-state index contributed by atoms with van der Waals surface area (Å²) in [6, 6.07) is 4.43. The largest absolute Gasteiger partial charge is 0.497 e. The van der Waals surface area contributed by atoms with Gasteiger partial charge in [0, 0.05) is 55.0 Å². The molecule has 2 aliphatic heterocycles. The van der Waals surface area contributed by atoms with Crippen LogP contribution in [0.25, 0.3) is 0 Å². The lowest BCUT2D eigenvalue weighted by molar-refractivity contribution is 0.0725. The van der Waals surface area contributed by atoms with Gasteiger partial charge in [0.25, 0.3) is 5.91 Å². The summed E-state index contributed by atoms with van der Waals surface area (Å²) in [7, 11) is 1.48. The maximum absolute atomic E-state index is 14.4. The average Bonchev–Trinajstić information content (AvgIpc) is 3.24. The molecule has 0 N–H and O–H groups in total. The minimum absolute atomic E-state index is 0.0339. The van der Waals surface area contributed by atoms with E-state index in [0.29, 0.717) is 24.1 Å². The predicted octanol–water partition coefficient (Wildman–Crippen LogP) is 3.15. The molecule has 3 heterocycles. The summed E-state index contributed by atoms with van der Waals surface area (Å²) in [5.74, 6) is 1.04. The third-order valence-electron chi connectivity index (χ3n) is 6.61. The summed E-state index contributed by atoms with van der Waals surface area (Å²) in [5.41, 5.74) is 3.23. The Balaban J connectivity index is 1.50. The van der Waals surface area contributed by atoms with E-state index < -0.39 is 5.82 Å². The zero-order chi connectivity index (χ0) is 20.9. The third kappa shape index (κ3) is 3.32. The summed E-state index contributed by atoms with van der Waals surface area (Å²) >= 11 is 0. The number of hydrogen-bond acceptors (Lipinski definition) is 5. The molecule has 0 spiro atoms. The van der Waals surface area contributed by atoms with E-state index in [0.717, 1.165) is 36.0 Å². The first-order chi connectivity index (χ1) is 13.8. The fourth-order valence-corrected chi connectivity index (χ4v) is 4.56. The van der Waals surface area contributed by atoms with Crippen LogP contribution in [0, 0.1) is 38.4 Å². The number of likely N-dealkylation sites (tertiary alicyclic amines) is 1. The van der Waals surface area contributed by atoms with Gasteiger partial charge in [-0.2, -0.15) is 0 Å². The molecule has 6 nitrogen and oxygen atoms in total. The molecule has 1 aromatic heterocycles. The Morgan fingerprint density at radius 1 is 1.14 bits per heavy atom. The first-order valence-electron chi connectivity index (χ1n) is 10.0. The summed E-state index contributed by atoms with van der Waals surface area (Å²) in [4.78, 5) is 26.4. The summed E-state index contributed by atoms with van der Waals surface area (Å²) in [6.07, 6.45) is 0. The molecule has 3 atom stereocenters. The van der Waals surface area contributed by atoms with E-state index in [1.165, 1.54) is 19.2 Å². The van der Waals surface area contributed by atoms with Gasteiger partial charge >= 0.3 is 0 Å². The van der Waals surface area contributed by atoms with E-state index in [2.05, 4.69) is 21.8 Å². The Kier molecular flexibility index (Phi) is 4.92. The highest BCUT2D eigenvalue weighted by Crippen LogP contribution is 2.38. The number of anilines is 1. The van der Waals surface area contributed by atoms with Crippen LogP contribution < -0.4 is 9.64 Å². The van der Waals surface area contributed by atoms with E-state index in [4.69, 9.17) is 4.74 Å². The molecule has 2 saturated heterocycles. The second-order valence-electron chi connectivity index (χ2n) is 8.19. The topological polar surface area (TPSA) is 58.6 Å². The summed E-state index contributed by atoms with van der Waals surface area (Å²) < 4.78 is 19.4. The van der Waals surface area contributed by atoms with Crippen LogP contribution in [0.3, 0.4) is 0 Å². The molecule has 1 aromatic carbocycles. The molecule has 7 heteroatoms. The van der Waals surface area contributed by atoms with Crippen molar-refractivity contribution in [3.63, 3.8) is 0 Å².